The number of amides is 1. The predicted octanol–water partition coefficient (Wildman–Crippen LogP) is 2.95. The van der Waals surface area contributed by atoms with Gasteiger partial charge in [-0.25, -0.2) is 4.98 Å². The highest BCUT2D eigenvalue weighted by molar-refractivity contribution is 9.10. The number of imidazole rings is 1. The molecule has 2 aliphatic rings. The van der Waals surface area contributed by atoms with Crippen LogP contribution in [0.2, 0.25) is 0 Å². The number of nitrogens with two attached hydrogens (primary N) is 1. The zero-order valence-corrected chi connectivity index (χ0v) is 19.2. The molecule has 0 bridgehead atoms. The van der Waals surface area contributed by atoms with Gasteiger partial charge in [0.2, 0.25) is 0 Å². The number of aromatic nitrogens is 2. The van der Waals surface area contributed by atoms with Crippen molar-refractivity contribution in [1.29, 1.82) is 0 Å². The van der Waals surface area contributed by atoms with E-state index in [0.717, 1.165) is 53.9 Å². The van der Waals surface area contributed by atoms with Crippen LogP contribution < -0.4 is 5.73 Å². The molecule has 1 aromatic carbocycles. The molecule has 1 atom stereocenters. The first kappa shape index (κ1) is 20.1. The van der Waals surface area contributed by atoms with Crippen molar-refractivity contribution in [2.75, 3.05) is 31.6 Å². The molecule has 1 unspecified atom stereocenters. The molecule has 2 aromatic rings. The summed E-state index contributed by atoms with van der Waals surface area (Å²) < 4.78 is 8.47. The minimum Gasteiger partial charge on any atom is -0.380 e. The first-order chi connectivity index (χ1) is 13.4. The Labute approximate surface area is 181 Å². The summed E-state index contributed by atoms with van der Waals surface area (Å²) in [6.45, 7) is 5.46. The Morgan fingerprint density at radius 2 is 2.18 bits per heavy atom. The zero-order valence-electron chi connectivity index (χ0n) is 16.0. The third kappa shape index (κ3) is 3.24. The summed E-state index contributed by atoms with van der Waals surface area (Å²) in [4.78, 5) is 19.1. The highest BCUT2D eigenvalue weighted by atomic mass is 79.9. The van der Waals surface area contributed by atoms with E-state index in [-0.39, 0.29) is 11.5 Å². The number of fused-ring (bicyclic) bond motifs is 1. The van der Waals surface area contributed by atoms with Gasteiger partial charge in [-0.3, -0.25) is 9.69 Å². The summed E-state index contributed by atoms with van der Waals surface area (Å²) in [7, 11) is 1.88. The Bertz CT molecular complexity index is 918. The standard InChI is InChI=1S/C20H24Br2N4O2/c1-12-13(4-3-5-14(12)22)17-16-15(25(2)19(24-16)18(23)27)6-7-26(17)9-20(8-21)10-28-11-20/h3-5,17H,6-11H2,1-2H3,(H2,23,27). The van der Waals surface area contributed by atoms with E-state index in [1.807, 2.05) is 11.6 Å². The van der Waals surface area contributed by atoms with E-state index in [0.29, 0.717) is 5.82 Å². The average Bonchev–Trinajstić information content (AvgIpc) is 2.98. The van der Waals surface area contributed by atoms with E-state index < -0.39 is 5.91 Å². The van der Waals surface area contributed by atoms with Crippen LogP contribution in [-0.4, -0.2) is 52.0 Å². The summed E-state index contributed by atoms with van der Waals surface area (Å²) in [5.41, 5.74) is 10.1. The number of primary amides is 1. The number of nitrogens with zero attached hydrogens (tertiary/aromatic N) is 3. The van der Waals surface area contributed by atoms with Crippen molar-refractivity contribution in [2.45, 2.75) is 19.4 Å². The Morgan fingerprint density at radius 3 is 2.79 bits per heavy atom. The lowest BCUT2D eigenvalue weighted by Crippen LogP contribution is -2.54. The highest BCUT2D eigenvalue weighted by Crippen LogP contribution is 2.41. The summed E-state index contributed by atoms with van der Waals surface area (Å²) >= 11 is 7.35. The van der Waals surface area contributed by atoms with Gasteiger partial charge in [-0.1, -0.05) is 44.0 Å². The van der Waals surface area contributed by atoms with Gasteiger partial charge in [-0.2, -0.15) is 0 Å². The van der Waals surface area contributed by atoms with Crippen LogP contribution >= 0.6 is 31.9 Å². The van der Waals surface area contributed by atoms with Crippen LogP contribution in [0.15, 0.2) is 22.7 Å². The number of carbonyl (C=O) groups is 1. The third-order valence-corrected chi connectivity index (χ3v) is 8.02. The minimum absolute atomic E-state index is 0.0166. The fourth-order valence-corrected chi connectivity index (χ4v) is 5.19. The lowest BCUT2D eigenvalue weighted by Gasteiger charge is -2.47. The number of halogens is 2. The van der Waals surface area contributed by atoms with Crippen molar-refractivity contribution in [1.82, 2.24) is 14.5 Å². The molecule has 2 aliphatic heterocycles. The molecule has 1 fully saturated rings. The first-order valence-electron chi connectivity index (χ1n) is 9.35. The monoisotopic (exact) mass is 510 g/mol. The number of hydrogen-bond donors (Lipinski definition) is 1. The maximum absolute atomic E-state index is 11.9. The Kier molecular flexibility index (Phi) is 5.41. The third-order valence-electron chi connectivity index (χ3n) is 5.97. The smallest absolute Gasteiger partial charge is 0.284 e. The summed E-state index contributed by atoms with van der Waals surface area (Å²) in [6, 6.07) is 6.25. The van der Waals surface area contributed by atoms with Crippen molar-refractivity contribution in [2.24, 2.45) is 18.2 Å². The second kappa shape index (κ2) is 7.55. The van der Waals surface area contributed by atoms with Gasteiger partial charge < -0.3 is 15.0 Å². The first-order valence-corrected chi connectivity index (χ1v) is 11.3. The summed E-state index contributed by atoms with van der Waals surface area (Å²) in [5, 5.41) is 0.905. The van der Waals surface area contributed by atoms with Crippen LogP contribution in [0.3, 0.4) is 0 Å². The molecule has 0 spiro atoms. The predicted molar refractivity (Wildman–Crippen MR) is 115 cm³/mol. The van der Waals surface area contributed by atoms with Gasteiger partial charge in [0.1, 0.15) is 0 Å². The zero-order chi connectivity index (χ0) is 20.1. The quantitative estimate of drug-likeness (QED) is 0.626. The van der Waals surface area contributed by atoms with Crippen molar-refractivity contribution < 1.29 is 9.53 Å². The van der Waals surface area contributed by atoms with Crippen LogP contribution in [0.4, 0.5) is 0 Å². The van der Waals surface area contributed by atoms with Crippen LogP contribution in [0, 0.1) is 12.3 Å². The number of benzene rings is 1. The van der Waals surface area contributed by atoms with Gasteiger partial charge in [0.05, 0.1) is 24.9 Å². The lowest BCUT2D eigenvalue weighted by atomic mass is 9.85. The maximum atomic E-state index is 11.9. The van der Waals surface area contributed by atoms with E-state index in [2.05, 4.69) is 61.9 Å². The molecule has 6 nitrogen and oxygen atoms in total. The molecule has 2 N–H and O–H groups in total. The number of alkyl halides is 1. The number of hydrogen-bond acceptors (Lipinski definition) is 4. The topological polar surface area (TPSA) is 73.4 Å². The van der Waals surface area contributed by atoms with E-state index in [1.54, 1.807) is 0 Å². The number of carbonyl (C=O) groups excluding carboxylic acids is 1. The summed E-state index contributed by atoms with van der Waals surface area (Å²) in [5.74, 6) is -0.163. The van der Waals surface area contributed by atoms with Gasteiger partial charge in [0.15, 0.2) is 5.82 Å². The molecule has 4 rings (SSSR count). The van der Waals surface area contributed by atoms with Gasteiger partial charge >= 0.3 is 0 Å². The van der Waals surface area contributed by atoms with Gasteiger partial charge in [0, 0.05) is 47.5 Å². The van der Waals surface area contributed by atoms with Crippen molar-refractivity contribution >= 4 is 37.8 Å². The van der Waals surface area contributed by atoms with E-state index in [4.69, 9.17) is 15.5 Å². The summed E-state index contributed by atoms with van der Waals surface area (Å²) in [6.07, 6.45) is 0.842. The van der Waals surface area contributed by atoms with Crippen LogP contribution in [0.1, 0.15) is 39.2 Å². The molecule has 0 aliphatic carbocycles. The Morgan fingerprint density at radius 1 is 1.43 bits per heavy atom. The highest BCUT2D eigenvalue weighted by Gasteiger charge is 2.43. The Hall–Kier alpha value is -1.22. The maximum Gasteiger partial charge on any atom is 0.284 e. The van der Waals surface area contributed by atoms with Crippen molar-refractivity contribution in [3.63, 3.8) is 0 Å². The molecular weight excluding hydrogens is 488 g/mol. The lowest BCUT2D eigenvalue weighted by molar-refractivity contribution is -0.114. The van der Waals surface area contributed by atoms with Gasteiger partial charge in [-0.15, -0.1) is 0 Å². The van der Waals surface area contributed by atoms with Crippen molar-refractivity contribution in [3.05, 3.63) is 51.0 Å². The molecule has 28 heavy (non-hydrogen) atoms. The molecule has 0 radical (unpaired) electrons. The fraction of sp³-hybridized carbons (Fsp3) is 0.500. The van der Waals surface area contributed by atoms with E-state index in [9.17, 15) is 4.79 Å². The molecule has 8 heteroatoms. The SMILES string of the molecule is Cc1c(Br)cccc1C1c2nc(C(N)=O)n(C)c2CCN1CC1(CBr)COC1. The van der Waals surface area contributed by atoms with Gasteiger partial charge in [-0.05, 0) is 24.1 Å². The average molecular weight is 512 g/mol. The van der Waals surface area contributed by atoms with Gasteiger partial charge in [0.25, 0.3) is 5.91 Å². The van der Waals surface area contributed by atoms with E-state index >= 15 is 0 Å². The normalized spacial score (nSPS) is 21.2. The second-order valence-corrected chi connectivity index (χ2v) is 9.31. The van der Waals surface area contributed by atoms with Crippen LogP contribution in [-0.2, 0) is 18.2 Å². The molecule has 1 saturated heterocycles. The largest absolute Gasteiger partial charge is 0.380 e. The van der Waals surface area contributed by atoms with Crippen molar-refractivity contribution in [3.8, 4) is 0 Å². The van der Waals surface area contributed by atoms with Crippen LogP contribution in [0.25, 0.3) is 0 Å². The minimum atomic E-state index is -0.488. The second-order valence-electron chi connectivity index (χ2n) is 7.89. The molecule has 1 amide bonds. The fourth-order valence-electron chi connectivity index (χ4n) is 4.31. The molecule has 150 valence electrons. The molecular formula is C20H24Br2N4O2. The number of rotatable bonds is 5. The molecule has 1 aromatic heterocycles. The Balaban J connectivity index is 1.83. The number of ether oxygens (including phenoxy) is 1. The molecule has 3 heterocycles. The molecule has 0 saturated carbocycles. The van der Waals surface area contributed by atoms with E-state index in [1.165, 1.54) is 11.1 Å². The van der Waals surface area contributed by atoms with Crippen LogP contribution in [0.5, 0.6) is 0 Å².